The third kappa shape index (κ3) is 8.87. The molecule has 32 valence electrons. The first-order chi connectivity index (χ1) is 2.27. The van der Waals surface area contributed by atoms with E-state index in [9.17, 15) is 5.11 Å². The molecule has 0 radical (unpaired) electrons. The van der Waals surface area contributed by atoms with Crippen molar-refractivity contribution in [3.63, 3.8) is 0 Å². The van der Waals surface area contributed by atoms with E-state index in [1.165, 1.54) is 0 Å². The van der Waals surface area contributed by atoms with Gasteiger partial charge in [-0.1, -0.05) is 13.2 Å². The van der Waals surface area contributed by atoms with E-state index in [1.807, 2.05) is 0 Å². The zero-order valence-corrected chi connectivity index (χ0v) is 6.49. The van der Waals surface area contributed by atoms with Crippen LogP contribution >= 0.6 is 0 Å². The molecule has 3 heteroatoms. The Labute approximate surface area is 60.2 Å². The molecule has 0 aliphatic carbocycles. The SMILES string of the molecule is CNC(C)[O-].[Na+]. The second kappa shape index (κ2) is 5.92. The predicted molar refractivity (Wildman–Crippen MR) is 18.5 cm³/mol. The van der Waals surface area contributed by atoms with Crippen LogP contribution in [0.25, 0.3) is 0 Å². The van der Waals surface area contributed by atoms with Gasteiger partial charge in [0.25, 0.3) is 0 Å². The van der Waals surface area contributed by atoms with Gasteiger partial charge in [0.1, 0.15) is 0 Å². The van der Waals surface area contributed by atoms with Crippen molar-refractivity contribution in [1.82, 2.24) is 5.32 Å². The fourth-order valence-electron chi connectivity index (χ4n) is 0. The van der Waals surface area contributed by atoms with Gasteiger partial charge in [-0.25, -0.2) is 0 Å². The molecule has 2 nitrogen and oxygen atoms in total. The number of hydrogen-bond donors (Lipinski definition) is 1. The van der Waals surface area contributed by atoms with E-state index in [2.05, 4.69) is 5.32 Å². The van der Waals surface area contributed by atoms with Crippen LogP contribution in [0.4, 0.5) is 0 Å². The molecule has 0 aromatic rings. The van der Waals surface area contributed by atoms with Crippen LogP contribution in [-0.4, -0.2) is 13.3 Å². The van der Waals surface area contributed by atoms with Crippen LogP contribution in [0.3, 0.4) is 0 Å². The summed E-state index contributed by atoms with van der Waals surface area (Å²) in [7, 11) is 1.64. The smallest absolute Gasteiger partial charge is 0.841 e. The fourth-order valence-corrected chi connectivity index (χ4v) is 0. The van der Waals surface area contributed by atoms with Crippen LogP contribution in [0.1, 0.15) is 6.92 Å². The van der Waals surface area contributed by atoms with E-state index >= 15 is 0 Å². The maximum atomic E-state index is 9.78. The Kier molecular flexibility index (Phi) is 9.89. The van der Waals surface area contributed by atoms with Crippen LogP contribution in [-0.2, 0) is 0 Å². The van der Waals surface area contributed by atoms with Crippen molar-refractivity contribution in [2.45, 2.75) is 13.2 Å². The molecule has 0 aliphatic rings. The Bertz CT molecular complexity index is 24.8. The molecule has 0 rings (SSSR count). The quantitative estimate of drug-likeness (QED) is 0.267. The van der Waals surface area contributed by atoms with Crippen molar-refractivity contribution < 1.29 is 34.7 Å². The van der Waals surface area contributed by atoms with Gasteiger partial charge < -0.3 is 10.4 Å². The van der Waals surface area contributed by atoms with Crippen molar-refractivity contribution in [2.75, 3.05) is 7.05 Å². The van der Waals surface area contributed by atoms with Gasteiger partial charge in [0.15, 0.2) is 0 Å². The standard InChI is InChI=1S/C3H8NO.Na/c1-3(5)4-2;/h3-4H,1-2H3;/q-1;+1. The molecule has 0 bridgehead atoms. The Balaban J connectivity index is 0. The van der Waals surface area contributed by atoms with Crippen molar-refractivity contribution in [1.29, 1.82) is 0 Å². The average molecular weight is 97.1 g/mol. The summed E-state index contributed by atoms with van der Waals surface area (Å²) in [4.78, 5) is 0. The zero-order valence-electron chi connectivity index (χ0n) is 4.49. The van der Waals surface area contributed by atoms with Gasteiger partial charge in [0.2, 0.25) is 0 Å². The molecular weight excluding hydrogens is 89.0 g/mol. The molecule has 0 amide bonds. The van der Waals surface area contributed by atoms with Gasteiger partial charge in [0.05, 0.1) is 0 Å². The topological polar surface area (TPSA) is 35.1 Å². The second-order valence-corrected chi connectivity index (χ2v) is 0.931. The summed E-state index contributed by atoms with van der Waals surface area (Å²) < 4.78 is 0. The van der Waals surface area contributed by atoms with Crippen molar-refractivity contribution >= 4 is 0 Å². The molecule has 0 aromatic carbocycles. The van der Waals surface area contributed by atoms with Gasteiger partial charge in [-0.05, 0) is 7.05 Å². The third-order valence-electron chi connectivity index (χ3n) is 0.407. The Morgan fingerprint density at radius 3 is 1.83 bits per heavy atom. The van der Waals surface area contributed by atoms with E-state index in [0.29, 0.717) is 0 Å². The molecule has 0 aliphatic heterocycles. The summed E-state index contributed by atoms with van der Waals surface area (Å²) in [5.74, 6) is 0. The Morgan fingerprint density at radius 2 is 1.83 bits per heavy atom. The zero-order chi connectivity index (χ0) is 4.28. The largest absolute Gasteiger partial charge is 1.00 e. The molecular formula is C3H8NNaO. The Hall–Kier alpha value is 0.920. The van der Waals surface area contributed by atoms with Crippen LogP contribution in [0, 0.1) is 0 Å². The summed E-state index contributed by atoms with van der Waals surface area (Å²) in [6.45, 7) is 1.56. The van der Waals surface area contributed by atoms with Crippen LogP contribution in [0.2, 0.25) is 0 Å². The van der Waals surface area contributed by atoms with Gasteiger partial charge >= 0.3 is 29.6 Å². The fraction of sp³-hybridized carbons (Fsp3) is 1.00. The minimum Gasteiger partial charge on any atom is -0.841 e. The first kappa shape index (κ1) is 10.0. The molecule has 0 fully saturated rings. The minimum absolute atomic E-state index is 0. The molecule has 1 unspecified atom stereocenters. The van der Waals surface area contributed by atoms with E-state index in [1.54, 1.807) is 14.0 Å². The van der Waals surface area contributed by atoms with E-state index in [4.69, 9.17) is 0 Å². The molecule has 0 aromatic heterocycles. The summed E-state index contributed by atoms with van der Waals surface area (Å²) in [6, 6.07) is 0. The Morgan fingerprint density at radius 1 is 1.67 bits per heavy atom. The molecule has 0 heterocycles. The minimum atomic E-state index is -0.616. The van der Waals surface area contributed by atoms with E-state index in [-0.39, 0.29) is 29.6 Å². The maximum absolute atomic E-state index is 9.78. The summed E-state index contributed by atoms with van der Waals surface area (Å²) in [6.07, 6.45) is -0.616. The van der Waals surface area contributed by atoms with Crippen molar-refractivity contribution in [2.24, 2.45) is 0 Å². The van der Waals surface area contributed by atoms with E-state index < -0.39 is 6.23 Å². The number of rotatable bonds is 1. The summed E-state index contributed by atoms with van der Waals surface area (Å²) in [5, 5.41) is 12.3. The first-order valence-electron chi connectivity index (χ1n) is 1.60. The monoisotopic (exact) mass is 97.1 g/mol. The maximum Gasteiger partial charge on any atom is 1.00 e. The average Bonchev–Trinajstić information content (AvgIpc) is 1.38. The normalized spacial score (nSPS) is 12.5. The second-order valence-electron chi connectivity index (χ2n) is 0.931. The van der Waals surface area contributed by atoms with Crippen LogP contribution in [0.5, 0.6) is 0 Å². The van der Waals surface area contributed by atoms with Crippen LogP contribution in [0.15, 0.2) is 0 Å². The van der Waals surface area contributed by atoms with Gasteiger partial charge in [0, 0.05) is 0 Å². The van der Waals surface area contributed by atoms with Gasteiger partial charge in [-0.3, -0.25) is 0 Å². The third-order valence-corrected chi connectivity index (χ3v) is 0.407. The number of hydrogen-bond acceptors (Lipinski definition) is 2. The number of nitrogens with one attached hydrogen (secondary N) is 1. The summed E-state index contributed by atoms with van der Waals surface area (Å²) in [5.41, 5.74) is 0. The van der Waals surface area contributed by atoms with Crippen molar-refractivity contribution in [3.8, 4) is 0 Å². The van der Waals surface area contributed by atoms with E-state index in [0.717, 1.165) is 0 Å². The first-order valence-corrected chi connectivity index (χ1v) is 1.60. The molecule has 6 heavy (non-hydrogen) atoms. The molecule has 0 spiro atoms. The van der Waals surface area contributed by atoms with Crippen LogP contribution < -0.4 is 40.0 Å². The van der Waals surface area contributed by atoms with Crippen molar-refractivity contribution in [3.05, 3.63) is 0 Å². The molecule has 0 saturated carbocycles. The molecule has 0 saturated heterocycles. The molecule has 1 N–H and O–H groups in total. The molecule has 1 atom stereocenters. The van der Waals surface area contributed by atoms with Gasteiger partial charge in [-0.15, -0.1) is 0 Å². The van der Waals surface area contributed by atoms with Gasteiger partial charge in [-0.2, -0.15) is 0 Å². The predicted octanol–water partition coefficient (Wildman–Crippen LogP) is -4.08. The summed E-state index contributed by atoms with van der Waals surface area (Å²) >= 11 is 0.